The molecule has 8 heteroatoms. The molecule has 0 spiro atoms. The van der Waals surface area contributed by atoms with Gasteiger partial charge in [0.2, 0.25) is 16.8 Å². The standard InChI is InChI=1S/C13H14N2O4S2/c1-8-3-10-11(19-7-18-10)4-13(8)21(16,17)15-5-12-9(2)14-6-20-12/h3-4,6,15H,5,7H2,1-2H3. The zero-order chi connectivity index (χ0) is 15.0. The number of aromatic nitrogens is 1. The van der Waals surface area contributed by atoms with Crippen molar-refractivity contribution in [1.82, 2.24) is 9.71 Å². The van der Waals surface area contributed by atoms with Crippen molar-refractivity contribution >= 4 is 21.4 Å². The average molecular weight is 326 g/mol. The summed E-state index contributed by atoms with van der Waals surface area (Å²) in [6.45, 7) is 3.93. The first-order valence-corrected chi connectivity index (χ1v) is 8.62. The fourth-order valence-corrected chi connectivity index (χ4v) is 4.09. The number of aryl methyl sites for hydroxylation is 2. The minimum Gasteiger partial charge on any atom is -0.454 e. The smallest absolute Gasteiger partial charge is 0.241 e. The van der Waals surface area contributed by atoms with E-state index in [0.29, 0.717) is 17.1 Å². The Balaban J connectivity index is 1.87. The van der Waals surface area contributed by atoms with Gasteiger partial charge < -0.3 is 9.47 Å². The zero-order valence-corrected chi connectivity index (χ0v) is 13.2. The fourth-order valence-electron chi connectivity index (χ4n) is 2.05. The molecule has 112 valence electrons. The number of nitrogens with one attached hydrogen (secondary N) is 1. The molecule has 3 rings (SSSR count). The third-order valence-electron chi connectivity index (χ3n) is 3.23. The van der Waals surface area contributed by atoms with E-state index < -0.39 is 10.0 Å². The Morgan fingerprint density at radius 3 is 2.67 bits per heavy atom. The maximum Gasteiger partial charge on any atom is 0.241 e. The molecule has 1 aromatic heterocycles. The fraction of sp³-hybridized carbons (Fsp3) is 0.308. The van der Waals surface area contributed by atoms with Crippen LogP contribution in [0, 0.1) is 13.8 Å². The highest BCUT2D eigenvalue weighted by Gasteiger charge is 2.23. The van der Waals surface area contributed by atoms with Crippen molar-refractivity contribution in [3.63, 3.8) is 0 Å². The van der Waals surface area contributed by atoms with Gasteiger partial charge >= 0.3 is 0 Å². The molecule has 0 saturated heterocycles. The molecular weight excluding hydrogens is 312 g/mol. The minimum atomic E-state index is -3.61. The van der Waals surface area contributed by atoms with Crippen LogP contribution >= 0.6 is 11.3 Å². The molecule has 2 aromatic rings. The average Bonchev–Trinajstić information content (AvgIpc) is 3.03. The Bertz CT molecular complexity index is 783. The van der Waals surface area contributed by atoms with Crippen LogP contribution in [-0.2, 0) is 16.6 Å². The Hall–Kier alpha value is -1.64. The molecule has 1 aliphatic heterocycles. The molecule has 0 atom stereocenters. The van der Waals surface area contributed by atoms with Gasteiger partial charge in [-0.25, -0.2) is 18.1 Å². The van der Waals surface area contributed by atoms with Crippen LogP contribution in [0.2, 0.25) is 0 Å². The van der Waals surface area contributed by atoms with Crippen LogP contribution < -0.4 is 14.2 Å². The van der Waals surface area contributed by atoms with Crippen molar-refractivity contribution < 1.29 is 17.9 Å². The van der Waals surface area contributed by atoms with Crippen molar-refractivity contribution in [2.75, 3.05) is 6.79 Å². The van der Waals surface area contributed by atoms with E-state index in [1.54, 1.807) is 18.5 Å². The summed E-state index contributed by atoms with van der Waals surface area (Å²) in [6, 6.07) is 3.17. The SMILES string of the molecule is Cc1cc2c(cc1S(=O)(=O)NCc1scnc1C)OCO2. The summed E-state index contributed by atoms with van der Waals surface area (Å²) in [5.41, 5.74) is 3.16. The summed E-state index contributed by atoms with van der Waals surface area (Å²) in [7, 11) is -3.61. The van der Waals surface area contributed by atoms with E-state index in [1.807, 2.05) is 6.92 Å². The van der Waals surface area contributed by atoms with Crippen LogP contribution in [0.25, 0.3) is 0 Å². The topological polar surface area (TPSA) is 77.5 Å². The Labute approximate surface area is 126 Å². The lowest BCUT2D eigenvalue weighted by Gasteiger charge is -2.10. The number of hydrogen-bond acceptors (Lipinski definition) is 6. The summed E-state index contributed by atoms with van der Waals surface area (Å²) < 4.78 is 37.9. The van der Waals surface area contributed by atoms with E-state index in [9.17, 15) is 8.42 Å². The number of fused-ring (bicyclic) bond motifs is 1. The van der Waals surface area contributed by atoms with E-state index >= 15 is 0 Å². The van der Waals surface area contributed by atoms with E-state index in [2.05, 4.69) is 9.71 Å². The third kappa shape index (κ3) is 2.74. The molecule has 0 amide bonds. The number of benzene rings is 1. The number of rotatable bonds is 4. The third-order valence-corrected chi connectivity index (χ3v) is 5.71. The highest BCUT2D eigenvalue weighted by molar-refractivity contribution is 7.89. The lowest BCUT2D eigenvalue weighted by molar-refractivity contribution is 0.174. The van der Waals surface area contributed by atoms with Gasteiger partial charge in [0.15, 0.2) is 11.5 Å². The molecule has 6 nitrogen and oxygen atoms in total. The molecule has 0 bridgehead atoms. The molecular formula is C13H14N2O4S2. The van der Waals surface area contributed by atoms with Crippen LogP contribution in [-0.4, -0.2) is 20.2 Å². The van der Waals surface area contributed by atoms with Crippen LogP contribution in [0.1, 0.15) is 16.1 Å². The second kappa shape index (κ2) is 5.28. The van der Waals surface area contributed by atoms with Gasteiger partial charge in [0.1, 0.15) is 0 Å². The number of thiazole rings is 1. The van der Waals surface area contributed by atoms with E-state index in [0.717, 1.165) is 10.6 Å². The second-order valence-electron chi connectivity index (χ2n) is 4.66. The van der Waals surface area contributed by atoms with Crippen LogP contribution in [0.4, 0.5) is 0 Å². The lowest BCUT2D eigenvalue weighted by atomic mass is 10.2. The maximum absolute atomic E-state index is 12.4. The summed E-state index contributed by atoms with van der Waals surface area (Å²) in [6.07, 6.45) is 0. The number of nitrogens with zero attached hydrogens (tertiary/aromatic N) is 1. The summed E-state index contributed by atoms with van der Waals surface area (Å²) in [5, 5.41) is 0. The quantitative estimate of drug-likeness (QED) is 0.929. The van der Waals surface area contributed by atoms with Crippen LogP contribution in [0.3, 0.4) is 0 Å². The molecule has 1 N–H and O–H groups in total. The maximum atomic E-state index is 12.4. The molecule has 0 radical (unpaired) electrons. The Morgan fingerprint density at radius 2 is 2.00 bits per heavy atom. The van der Waals surface area contributed by atoms with E-state index in [4.69, 9.17) is 9.47 Å². The van der Waals surface area contributed by atoms with Gasteiger partial charge in [-0.05, 0) is 25.5 Å². The summed E-state index contributed by atoms with van der Waals surface area (Å²) in [5.74, 6) is 1.03. The Kier molecular flexibility index (Phi) is 3.60. The molecule has 1 aliphatic rings. The number of ether oxygens (including phenoxy) is 2. The molecule has 0 fully saturated rings. The molecule has 1 aromatic carbocycles. The highest BCUT2D eigenvalue weighted by atomic mass is 32.2. The van der Waals surface area contributed by atoms with Gasteiger partial charge in [-0.3, -0.25) is 0 Å². The highest BCUT2D eigenvalue weighted by Crippen LogP contribution is 2.36. The van der Waals surface area contributed by atoms with E-state index in [-0.39, 0.29) is 18.2 Å². The van der Waals surface area contributed by atoms with Crippen molar-refractivity contribution in [1.29, 1.82) is 0 Å². The van der Waals surface area contributed by atoms with Crippen molar-refractivity contribution in [3.8, 4) is 11.5 Å². The van der Waals surface area contributed by atoms with Gasteiger partial charge in [-0.2, -0.15) is 0 Å². The summed E-state index contributed by atoms with van der Waals surface area (Å²) >= 11 is 1.43. The predicted octanol–water partition coefficient (Wildman–Crippen LogP) is 1.97. The van der Waals surface area contributed by atoms with E-state index in [1.165, 1.54) is 17.4 Å². The van der Waals surface area contributed by atoms with Crippen molar-refractivity contribution in [3.05, 3.63) is 33.8 Å². The van der Waals surface area contributed by atoms with Crippen molar-refractivity contribution in [2.24, 2.45) is 0 Å². The predicted molar refractivity (Wildman–Crippen MR) is 78.2 cm³/mol. The largest absolute Gasteiger partial charge is 0.454 e. The van der Waals surface area contributed by atoms with Gasteiger partial charge in [0.05, 0.1) is 16.1 Å². The van der Waals surface area contributed by atoms with Crippen molar-refractivity contribution in [2.45, 2.75) is 25.3 Å². The minimum absolute atomic E-state index is 0.117. The van der Waals surface area contributed by atoms with Gasteiger partial charge in [-0.15, -0.1) is 11.3 Å². The first-order valence-electron chi connectivity index (χ1n) is 6.26. The van der Waals surface area contributed by atoms with Gasteiger partial charge in [0.25, 0.3) is 0 Å². The molecule has 0 unspecified atom stereocenters. The number of hydrogen-bond donors (Lipinski definition) is 1. The van der Waals surface area contributed by atoms with Gasteiger partial charge in [-0.1, -0.05) is 0 Å². The van der Waals surface area contributed by atoms with Crippen LogP contribution in [0.15, 0.2) is 22.5 Å². The lowest BCUT2D eigenvalue weighted by Crippen LogP contribution is -2.24. The molecule has 2 heterocycles. The summed E-state index contributed by atoms with van der Waals surface area (Å²) in [4.78, 5) is 5.20. The van der Waals surface area contributed by atoms with Crippen LogP contribution in [0.5, 0.6) is 11.5 Å². The molecule has 21 heavy (non-hydrogen) atoms. The van der Waals surface area contributed by atoms with Gasteiger partial charge in [0, 0.05) is 17.5 Å². The number of sulfonamides is 1. The molecule has 0 saturated carbocycles. The monoisotopic (exact) mass is 326 g/mol. The Morgan fingerprint density at radius 1 is 1.29 bits per heavy atom. The zero-order valence-electron chi connectivity index (χ0n) is 11.5. The molecule has 0 aliphatic carbocycles. The first kappa shape index (κ1) is 14.3. The second-order valence-corrected chi connectivity index (χ2v) is 7.33. The normalized spacial score (nSPS) is 13.6. The first-order chi connectivity index (χ1) is 9.97.